The van der Waals surface area contributed by atoms with Crippen molar-refractivity contribution in [2.24, 2.45) is 0 Å². The lowest BCUT2D eigenvalue weighted by molar-refractivity contribution is 1.17. The van der Waals surface area contributed by atoms with E-state index in [-0.39, 0.29) is 0 Å². The van der Waals surface area contributed by atoms with Gasteiger partial charge in [0.1, 0.15) is 0 Å². The van der Waals surface area contributed by atoms with E-state index in [0.29, 0.717) is 0 Å². The molecule has 0 saturated heterocycles. The second-order valence-corrected chi connectivity index (χ2v) is 14.6. The molecule has 0 amide bonds. The Morgan fingerprint density at radius 2 is 0.897 bits per heavy atom. The second kappa shape index (κ2) is 14.0. The fourth-order valence-corrected chi connectivity index (χ4v) is 8.43. The quantitative estimate of drug-likeness (QED) is 0.163. The van der Waals surface area contributed by atoms with Crippen LogP contribution in [0.25, 0.3) is 82.9 Å². The maximum atomic E-state index is 5.37. The first-order chi connectivity index (χ1) is 28.8. The summed E-state index contributed by atoms with van der Waals surface area (Å²) in [6, 6.07) is 77.3. The first kappa shape index (κ1) is 33.5. The number of nitrogens with zero attached hydrogens (tertiary/aromatic N) is 4. The highest BCUT2D eigenvalue weighted by Crippen LogP contribution is 2.42. The Kier molecular flexibility index (Phi) is 8.11. The normalized spacial score (nSPS) is 11.4. The molecule has 9 aromatic carbocycles. The van der Waals surface area contributed by atoms with Gasteiger partial charge in [-0.3, -0.25) is 0 Å². The lowest BCUT2D eigenvalue weighted by Gasteiger charge is -2.26. The average molecular weight is 741 g/mol. The molecule has 0 aliphatic heterocycles. The summed E-state index contributed by atoms with van der Waals surface area (Å²) in [4.78, 5) is 13.0. The molecule has 0 bridgehead atoms. The molecular weight excluding hydrogens is 705 g/mol. The van der Waals surface area contributed by atoms with Crippen molar-refractivity contribution in [3.05, 3.63) is 218 Å². The standard InChI is InChI=1S/C54H36N4/c1-5-15-37(16-6-1)38-25-28-43(29-26-38)57(42-22-11-4-12-23-42)45-30-32-47-51(36-45)58(50-34-27-39-17-13-14-24-46(39)52(47)50)44-31-33-48-49(35-44)56-54(41-20-9-3-10-21-41)53(55-48)40-18-7-2-8-19-40/h1-36H. The van der Waals surface area contributed by atoms with Crippen molar-refractivity contribution in [2.75, 3.05) is 4.90 Å². The van der Waals surface area contributed by atoms with Gasteiger partial charge in [-0.25, -0.2) is 9.97 Å². The molecule has 11 aromatic rings. The van der Waals surface area contributed by atoms with Gasteiger partial charge in [0.05, 0.1) is 33.5 Å². The summed E-state index contributed by atoms with van der Waals surface area (Å²) in [5.74, 6) is 0. The third-order valence-corrected chi connectivity index (χ3v) is 11.1. The minimum Gasteiger partial charge on any atom is -0.310 e. The number of hydrogen-bond acceptors (Lipinski definition) is 3. The SMILES string of the molecule is c1ccc(-c2ccc(N(c3ccccc3)c3ccc4c5c6ccccc6ccc5n(-c5ccc6nc(-c7ccccc7)c(-c7ccccc7)nc6c5)c4c3)cc2)cc1. The van der Waals surface area contributed by atoms with Crippen molar-refractivity contribution in [2.45, 2.75) is 0 Å². The number of aromatic nitrogens is 3. The monoisotopic (exact) mass is 740 g/mol. The van der Waals surface area contributed by atoms with E-state index in [1.807, 2.05) is 12.1 Å². The van der Waals surface area contributed by atoms with Crippen LogP contribution in [0.4, 0.5) is 17.1 Å². The van der Waals surface area contributed by atoms with E-state index in [4.69, 9.17) is 9.97 Å². The van der Waals surface area contributed by atoms with Crippen molar-refractivity contribution < 1.29 is 0 Å². The Hall–Kier alpha value is -7.82. The number of rotatable bonds is 7. The average Bonchev–Trinajstić information content (AvgIpc) is 3.64. The van der Waals surface area contributed by atoms with Crippen molar-refractivity contribution in [1.29, 1.82) is 0 Å². The van der Waals surface area contributed by atoms with Gasteiger partial charge in [0.15, 0.2) is 0 Å². The first-order valence-electron chi connectivity index (χ1n) is 19.7. The van der Waals surface area contributed by atoms with Crippen molar-refractivity contribution in [3.63, 3.8) is 0 Å². The van der Waals surface area contributed by atoms with Crippen LogP contribution in [0.2, 0.25) is 0 Å². The van der Waals surface area contributed by atoms with Gasteiger partial charge in [0, 0.05) is 44.6 Å². The molecule has 0 aliphatic carbocycles. The third-order valence-electron chi connectivity index (χ3n) is 11.1. The molecule has 272 valence electrons. The Balaban J connectivity index is 1.14. The van der Waals surface area contributed by atoms with Gasteiger partial charge in [0.2, 0.25) is 0 Å². The predicted molar refractivity (Wildman–Crippen MR) is 242 cm³/mol. The summed E-state index contributed by atoms with van der Waals surface area (Å²) in [5, 5.41) is 4.87. The molecule has 0 N–H and O–H groups in total. The van der Waals surface area contributed by atoms with Gasteiger partial charge in [-0.1, -0.05) is 158 Å². The molecule has 0 saturated carbocycles. The van der Waals surface area contributed by atoms with Crippen molar-refractivity contribution >= 4 is 60.7 Å². The molecule has 11 rings (SSSR count). The van der Waals surface area contributed by atoms with Crippen LogP contribution < -0.4 is 4.90 Å². The number of hydrogen-bond donors (Lipinski definition) is 0. The van der Waals surface area contributed by atoms with Crippen LogP contribution in [0.15, 0.2) is 218 Å². The molecule has 0 fully saturated rings. The van der Waals surface area contributed by atoms with E-state index in [2.05, 4.69) is 216 Å². The lowest BCUT2D eigenvalue weighted by Crippen LogP contribution is -2.10. The molecule has 0 radical (unpaired) electrons. The molecular formula is C54H36N4. The predicted octanol–water partition coefficient (Wildman–Crippen LogP) is 14.4. The number of fused-ring (bicyclic) bond motifs is 6. The van der Waals surface area contributed by atoms with Gasteiger partial charge in [-0.15, -0.1) is 0 Å². The highest BCUT2D eigenvalue weighted by Gasteiger charge is 2.20. The van der Waals surface area contributed by atoms with Gasteiger partial charge in [0.25, 0.3) is 0 Å². The summed E-state index contributed by atoms with van der Waals surface area (Å²) in [7, 11) is 0. The van der Waals surface area contributed by atoms with E-state index in [0.717, 1.165) is 67.3 Å². The van der Waals surface area contributed by atoms with Gasteiger partial charge in [-0.2, -0.15) is 0 Å². The molecule has 2 heterocycles. The van der Waals surface area contributed by atoms with Gasteiger partial charge >= 0.3 is 0 Å². The minimum atomic E-state index is 0.840. The van der Waals surface area contributed by atoms with Crippen LogP contribution >= 0.6 is 0 Å². The van der Waals surface area contributed by atoms with E-state index in [9.17, 15) is 0 Å². The molecule has 4 nitrogen and oxygen atoms in total. The Morgan fingerprint density at radius 1 is 0.345 bits per heavy atom. The smallest absolute Gasteiger partial charge is 0.0973 e. The van der Waals surface area contributed by atoms with Crippen molar-refractivity contribution in [1.82, 2.24) is 14.5 Å². The van der Waals surface area contributed by atoms with E-state index in [1.54, 1.807) is 0 Å². The van der Waals surface area contributed by atoms with Crippen LogP contribution in [-0.2, 0) is 0 Å². The Bertz CT molecular complexity index is 3250. The van der Waals surface area contributed by atoms with Crippen LogP contribution in [0.3, 0.4) is 0 Å². The van der Waals surface area contributed by atoms with Gasteiger partial charge < -0.3 is 9.47 Å². The fourth-order valence-electron chi connectivity index (χ4n) is 8.43. The van der Waals surface area contributed by atoms with E-state index >= 15 is 0 Å². The summed E-state index contributed by atoms with van der Waals surface area (Å²) in [6.45, 7) is 0. The summed E-state index contributed by atoms with van der Waals surface area (Å²) >= 11 is 0. The maximum Gasteiger partial charge on any atom is 0.0973 e. The molecule has 58 heavy (non-hydrogen) atoms. The Morgan fingerprint density at radius 3 is 1.59 bits per heavy atom. The number of para-hydroxylation sites is 1. The zero-order valence-electron chi connectivity index (χ0n) is 31.6. The maximum absolute atomic E-state index is 5.37. The Labute approximate surface area is 336 Å². The molecule has 0 atom stereocenters. The molecule has 2 aromatic heterocycles. The summed E-state index contributed by atoms with van der Waals surface area (Å²) < 4.78 is 2.40. The summed E-state index contributed by atoms with van der Waals surface area (Å²) in [5.41, 5.74) is 14.4. The van der Waals surface area contributed by atoms with Crippen LogP contribution in [0, 0.1) is 0 Å². The van der Waals surface area contributed by atoms with Crippen LogP contribution in [0.5, 0.6) is 0 Å². The number of benzene rings is 9. The second-order valence-electron chi connectivity index (χ2n) is 14.6. The van der Waals surface area contributed by atoms with Crippen LogP contribution in [-0.4, -0.2) is 14.5 Å². The fraction of sp³-hybridized carbons (Fsp3) is 0. The first-order valence-corrected chi connectivity index (χ1v) is 19.7. The lowest BCUT2D eigenvalue weighted by atomic mass is 10.0. The topological polar surface area (TPSA) is 34.0 Å². The third kappa shape index (κ3) is 5.78. The minimum absolute atomic E-state index is 0.840. The molecule has 0 spiro atoms. The largest absolute Gasteiger partial charge is 0.310 e. The molecule has 0 aliphatic rings. The van der Waals surface area contributed by atoms with Gasteiger partial charge in [-0.05, 0) is 82.6 Å². The highest BCUT2D eigenvalue weighted by molar-refractivity contribution is 6.21. The van der Waals surface area contributed by atoms with Crippen molar-refractivity contribution in [3.8, 4) is 39.3 Å². The van der Waals surface area contributed by atoms with Crippen LogP contribution in [0.1, 0.15) is 0 Å². The van der Waals surface area contributed by atoms with E-state index in [1.165, 1.54) is 32.7 Å². The number of anilines is 3. The molecule has 0 unspecified atom stereocenters. The summed E-state index contributed by atoms with van der Waals surface area (Å²) in [6.07, 6.45) is 0. The highest BCUT2D eigenvalue weighted by atomic mass is 15.1. The zero-order valence-corrected chi connectivity index (χ0v) is 31.6. The zero-order chi connectivity index (χ0) is 38.4. The molecule has 4 heteroatoms. The van der Waals surface area contributed by atoms with E-state index < -0.39 is 0 Å².